The molecule has 0 bridgehead atoms. The van der Waals surface area contributed by atoms with Crippen molar-refractivity contribution in [3.63, 3.8) is 0 Å². The SMILES string of the molecule is CCC1=CSC=C(CC)[Se]1. The van der Waals surface area contributed by atoms with Gasteiger partial charge >= 0.3 is 73.2 Å². The second kappa shape index (κ2) is 4.27. The molecule has 1 rings (SSSR count). The van der Waals surface area contributed by atoms with E-state index in [1.807, 2.05) is 11.8 Å². The zero-order chi connectivity index (χ0) is 7.40. The van der Waals surface area contributed by atoms with Crippen LogP contribution < -0.4 is 0 Å². The number of allylic oxidation sites excluding steroid dienone is 2. The van der Waals surface area contributed by atoms with Crippen molar-refractivity contribution < 1.29 is 0 Å². The third kappa shape index (κ3) is 2.19. The van der Waals surface area contributed by atoms with Crippen molar-refractivity contribution in [1.82, 2.24) is 0 Å². The summed E-state index contributed by atoms with van der Waals surface area (Å²) in [7, 11) is 0. The molecule has 0 aromatic rings. The van der Waals surface area contributed by atoms with Crippen molar-refractivity contribution in [2.45, 2.75) is 26.7 Å². The molecular weight excluding hydrogens is 207 g/mol. The molecule has 10 heavy (non-hydrogen) atoms. The topological polar surface area (TPSA) is 0 Å². The minimum absolute atomic E-state index is 0.689. The molecule has 56 valence electrons. The number of rotatable bonds is 2. The summed E-state index contributed by atoms with van der Waals surface area (Å²) in [4.78, 5) is 0. The van der Waals surface area contributed by atoms with Crippen LogP contribution in [-0.4, -0.2) is 15.0 Å². The Labute approximate surface area is 73.3 Å². The Kier molecular flexibility index (Phi) is 3.61. The van der Waals surface area contributed by atoms with Gasteiger partial charge in [0.15, 0.2) is 0 Å². The fourth-order valence-corrected chi connectivity index (χ4v) is 4.13. The Balaban J connectivity index is 2.49. The van der Waals surface area contributed by atoms with E-state index in [9.17, 15) is 0 Å². The number of thioether (sulfide) groups is 1. The van der Waals surface area contributed by atoms with Crippen molar-refractivity contribution in [2.75, 3.05) is 0 Å². The third-order valence-electron chi connectivity index (χ3n) is 1.36. The van der Waals surface area contributed by atoms with Gasteiger partial charge in [0.1, 0.15) is 0 Å². The Morgan fingerprint density at radius 1 is 1.20 bits per heavy atom. The Morgan fingerprint density at radius 2 is 1.70 bits per heavy atom. The summed E-state index contributed by atoms with van der Waals surface area (Å²) in [5, 5.41) is 4.61. The van der Waals surface area contributed by atoms with E-state index in [0.29, 0.717) is 15.0 Å². The van der Waals surface area contributed by atoms with E-state index < -0.39 is 0 Å². The maximum atomic E-state index is 2.30. The molecule has 2 heteroatoms. The van der Waals surface area contributed by atoms with Gasteiger partial charge in [-0.25, -0.2) is 0 Å². The normalized spacial score (nSPS) is 18.2. The van der Waals surface area contributed by atoms with E-state index in [-0.39, 0.29) is 0 Å². The third-order valence-corrected chi connectivity index (χ3v) is 5.68. The van der Waals surface area contributed by atoms with Crippen molar-refractivity contribution in [3.05, 3.63) is 19.8 Å². The first-order valence-electron chi connectivity index (χ1n) is 3.58. The quantitative estimate of drug-likeness (QED) is 0.643. The van der Waals surface area contributed by atoms with Crippen LogP contribution in [-0.2, 0) is 0 Å². The van der Waals surface area contributed by atoms with Gasteiger partial charge in [0, 0.05) is 0 Å². The van der Waals surface area contributed by atoms with Crippen LogP contribution >= 0.6 is 11.8 Å². The number of hydrogen-bond donors (Lipinski definition) is 0. The summed E-state index contributed by atoms with van der Waals surface area (Å²) >= 11 is 2.54. The summed E-state index contributed by atoms with van der Waals surface area (Å²) < 4.78 is 3.30. The van der Waals surface area contributed by atoms with Crippen molar-refractivity contribution in [2.24, 2.45) is 0 Å². The van der Waals surface area contributed by atoms with Gasteiger partial charge in [0.25, 0.3) is 0 Å². The first-order valence-corrected chi connectivity index (χ1v) is 6.23. The van der Waals surface area contributed by atoms with Crippen molar-refractivity contribution in [1.29, 1.82) is 0 Å². The van der Waals surface area contributed by atoms with Crippen LogP contribution in [0.1, 0.15) is 26.7 Å². The molecule has 1 heterocycles. The summed E-state index contributed by atoms with van der Waals surface area (Å²) in [6.45, 7) is 4.49. The molecule has 0 unspecified atom stereocenters. The van der Waals surface area contributed by atoms with Gasteiger partial charge in [-0.2, -0.15) is 0 Å². The molecule has 1 aliphatic rings. The molecule has 1 aliphatic heterocycles. The molecule has 0 saturated heterocycles. The molecule has 0 atom stereocenters. The fourth-order valence-electron chi connectivity index (χ4n) is 0.713. The van der Waals surface area contributed by atoms with Crippen molar-refractivity contribution in [3.8, 4) is 0 Å². The molecule has 0 spiro atoms. The van der Waals surface area contributed by atoms with Gasteiger partial charge in [-0.15, -0.1) is 0 Å². The number of hydrogen-bond acceptors (Lipinski definition) is 1. The van der Waals surface area contributed by atoms with E-state index in [1.54, 1.807) is 8.94 Å². The fraction of sp³-hybridized carbons (Fsp3) is 0.500. The second-order valence-corrected chi connectivity index (χ2v) is 5.49. The van der Waals surface area contributed by atoms with E-state index in [0.717, 1.165) is 0 Å². The van der Waals surface area contributed by atoms with E-state index in [2.05, 4.69) is 24.7 Å². The van der Waals surface area contributed by atoms with Gasteiger partial charge in [-0.3, -0.25) is 0 Å². The van der Waals surface area contributed by atoms with Gasteiger partial charge in [-0.1, -0.05) is 0 Å². The maximum absolute atomic E-state index is 2.30. The molecule has 0 nitrogen and oxygen atoms in total. The van der Waals surface area contributed by atoms with Crippen molar-refractivity contribution >= 4 is 26.7 Å². The zero-order valence-electron chi connectivity index (χ0n) is 6.39. The minimum atomic E-state index is 0.689. The Bertz CT molecular complexity index is 152. The van der Waals surface area contributed by atoms with Crippen LogP contribution in [0, 0.1) is 0 Å². The van der Waals surface area contributed by atoms with Crippen LogP contribution in [0.2, 0.25) is 0 Å². The monoisotopic (exact) mass is 220 g/mol. The Morgan fingerprint density at radius 3 is 2.10 bits per heavy atom. The predicted octanol–water partition coefficient (Wildman–Crippen LogP) is 2.94. The molecular formula is C8H12SSe. The standard InChI is InChI=1S/C8H12SSe/c1-3-7-5-9-6-8(4-2)10-7/h5-6H,3-4H2,1-2H3. The summed E-state index contributed by atoms with van der Waals surface area (Å²) in [6, 6.07) is 0. The van der Waals surface area contributed by atoms with Gasteiger partial charge in [-0.05, 0) is 0 Å². The van der Waals surface area contributed by atoms with Gasteiger partial charge < -0.3 is 0 Å². The summed E-state index contributed by atoms with van der Waals surface area (Å²) in [6.07, 6.45) is 2.48. The van der Waals surface area contributed by atoms with Crippen LogP contribution in [0.25, 0.3) is 0 Å². The molecule has 0 amide bonds. The van der Waals surface area contributed by atoms with Gasteiger partial charge in [0.05, 0.1) is 0 Å². The Hall–Kier alpha value is 0.349. The molecule has 0 aromatic heterocycles. The van der Waals surface area contributed by atoms with Crippen LogP contribution in [0.5, 0.6) is 0 Å². The molecule has 0 fully saturated rings. The van der Waals surface area contributed by atoms with E-state index >= 15 is 0 Å². The van der Waals surface area contributed by atoms with Crippen LogP contribution in [0.4, 0.5) is 0 Å². The average Bonchev–Trinajstić information content (AvgIpc) is 2.05. The molecule has 0 radical (unpaired) electrons. The summed E-state index contributed by atoms with van der Waals surface area (Å²) in [5.41, 5.74) is 0. The molecule has 0 aromatic carbocycles. The summed E-state index contributed by atoms with van der Waals surface area (Å²) in [5.74, 6) is 0. The molecule has 0 aliphatic carbocycles. The zero-order valence-corrected chi connectivity index (χ0v) is 8.91. The predicted molar refractivity (Wildman–Crippen MR) is 50.1 cm³/mol. The molecule has 0 saturated carbocycles. The van der Waals surface area contributed by atoms with Crippen LogP contribution in [0.3, 0.4) is 0 Å². The van der Waals surface area contributed by atoms with E-state index in [1.165, 1.54) is 12.8 Å². The first kappa shape index (κ1) is 8.45. The first-order chi connectivity index (χ1) is 4.86. The van der Waals surface area contributed by atoms with Gasteiger partial charge in [0.2, 0.25) is 0 Å². The average molecular weight is 219 g/mol. The van der Waals surface area contributed by atoms with E-state index in [4.69, 9.17) is 0 Å². The second-order valence-electron chi connectivity index (χ2n) is 2.11. The molecule has 0 N–H and O–H groups in total. The van der Waals surface area contributed by atoms with Crippen LogP contribution in [0.15, 0.2) is 19.8 Å².